The van der Waals surface area contributed by atoms with Crippen LogP contribution >= 0.6 is 23.4 Å². The third-order valence-corrected chi connectivity index (χ3v) is 3.77. The van der Waals surface area contributed by atoms with Crippen LogP contribution in [0.15, 0.2) is 17.2 Å². The summed E-state index contributed by atoms with van der Waals surface area (Å²) < 4.78 is 0. The lowest BCUT2D eigenvalue weighted by atomic mass is 10.2. The van der Waals surface area contributed by atoms with Crippen LogP contribution in [0.3, 0.4) is 0 Å². The summed E-state index contributed by atoms with van der Waals surface area (Å²) in [4.78, 5) is 14.2. The highest BCUT2D eigenvalue weighted by Crippen LogP contribution is 2.30. The second-order valence-corrected chi connectivity index (χ2v) is 5.60. The molecule has 0 N–H and O–H groups in total. The van der Waals surface area contributed by atoms with E-state index in [9.17, 15) is 10.1 Å². The van der Waals surface area contributed by atoms with Crippen molar-refractivity contribution in [1.82, 2.24) is 4.98 Å². The number of thioether (sulfide) groups is 1. The number of nitro groups is 1. The molecule has 0 amide bonds. The number of nitrogens with zero attached hydrogens (tertiary/aromatic N) is 2. The van der Waals surface area contributed by atoms with Gasteiger partial charge in [0.1, 0.15) is 10.2 Å². The molecule has 6 heteroatoms. The third kappa shape index (κ3) is 3.64. The Morgan fingerprint density at radius 2 is 2.06 bits per heavy atom. The fourth-order valence-electron chi connectivity index (χ4n) is 0.952. The van der Waals surface area contributed by atoms with Crippen LogP contribution in [0.1, 0.15) is 20.8 Å². The molecule has 1 unspecified atom stereocenters. The molecule has 0 aliphatic rings. The normalized spacial score (nSPS) is 12.8. The summed E-state index contributed by atoms with van der Waals surface area (Å²) in [7, 11) is 0. The molecule has 0 aliphatic heterocycles. The summed E-state index contributed by atoms with van der Waals surface area (Å²) in [5.41, 5.74) is -0.0153. The van der Waals surface area contributed by atoms with Gasteiger partial charge in [-0.15, -0.1) is 11.8 Å². The first kappa shape index (κ1) is 13.3. The second kappa shape index (κ2) is 5.50. The van der Waals surface area contributed by atoms with Crippen LogP contribution < -0.4 is 0 Å². The van der Waals surface area contributed by atoms with Gasteiger partial charge >= 0.3 is 0 Å². The van der Waals surface area contributed by atoms with Gasteiger partial charge in [-0.05, 0) is 5.92 Å². The Balaban J connectivity index is 2.92. The highest BCUT2D eigenvalue weighted by atomic mass is 35.5. The molecule has 1 rings (SSSR count). The zero-order valence-electron chi connectivity index (χ0n) is 9.31. The minimum Gasteiger partial charge on any atom is -0.258 e. The summed E-state index contributed by atoms with van der Waals surface area (Å²) in [5, 5.41) is 11.7. The van der Waals surface area contributed by atoms with E-state index in [-0.39, 0.29) is 10.8 Å². The van der Waals surface area contributed by atoms with Gasteiger partial charge in [0.05, 0.1) is 11.0 Å². The first-order valence-electron chi connectivity index (χ1n) is 4.88. The van der Waals surface area contributed by atoms with Crippen LogP contribution in [0, 0.1) is 16.0 Å². The zero-order valence-corrected chi connectivity index (χ0v) is 10.9. The van der Waals surface area contributed by atoms with Crippen LogP contribution in [0.4, 0.5) is 5.69 Å². The van der Waals surface area contributed by atoms with E-state index >= 15 is 0 Å². The highest BCUT2D eigenvalue weighted by Gasteiger charge is 2.14. The standard InChI is InChI=1S/C10H13ClN2O2S/c1-6(2)7(3)16-10-5-8(13(14)15)4-9(11)12-10/h4-7H,1-3H3. The second-order valence-electron chi connectivity index (χ2n) is 3.81. The summed E-state index contributed by atoms with van der Waals surface area (Å²) >= 11 is 7.23. The molecule has 88 valence electrons. The minimum absolute atomic E-state index is 0.0153. The Kier molecular flexibility index (Phi) is 4.56. The molecule has 0 spiro atoms. The molecule has 16 heavy (non-hydrogen) atoms. The Labute approximate surface area is 104 Å². The zero-order chi connectivity index (χ0) is 12.3. The average Bonchev–Trinajstić information content (AvgIpc) is 2.16. The lowest BCUT2D eigenvalue weighted by molar-refractivity contribution is -0.385. The molecule has 0 fully saturated rings. The Hall–Kier alpha value is -0.810. The minimum atomic E-state index is -0.461. The summed E-state index contributed by atoms with van der Waals surface area (Å²) in [6.45, 7) is 6.25. The van der Waals surface area contributed by atoms with Gasteiger partial charge in [-0.3, -0.25) is 10.1 Å². The predicted molar refractivity (Wildman–Crippen MR) is 66.1 cm³/mol. The Morgan fingerprint density at radius 3 is 2.56 bits per heavy atom. The van der Waals surface area contributed by atoms with Crippen molar-refractivity contribution >= 4 is 29.1 Å². The van der Waals surface area contributed by atoms with Gasteiger partial charge in [0, 0.05) is 11.3 Å². The van der Waals surface area contributed by atoms with Gasteiger partial charge in [-0.2, -0.15) is 0 Å². The van der Waals surface area contributed by atoms with Crippen LogP contribution in [-0.4, -0.2) is 15.2 Å². The molecule has 4 nitrogen and oxygen atoms in total. The summed E-state index contributed by atoms with van der Waals surface area (Å²) in [6.07, 6.45) is 0. The maximum Gasteiger partial charge on any atom is 0.275 e. The van der Waals surface area contributed by atoms with Gasteiger partial charge in [0.15, 0.2) is 0 Å². The van der Waals surface area contributed by atoms with Gasteiger partial charge < -0.3 is 0 Å². The molecule has 1 atom stereocenters. The summed E-state index contributed by atoms with van der Waals surface area (Å²) in [5.74, 6) is 0.477. The first-order valence-corrected chi connectivity index (χ1v) is 6.14. The number of pyridine rings is 1. The van der Waals surface area contributed by atoms with Crippen molar-refractivity contribution in [3.63, 3.8) is 0 Å². The van der Waals surface area contributed by atoms with E-state index < -0.39 is 4.92 Å². The molecule has 1 heterocycles. The lowest BCUT2D eigenvalue weighted by Crippen LogP contribution is -2.05. The van der Waals surface area contributed by atoms with Crippen LogP contribution in [-0.2, 0) is 0 Å². The Morgan fingerprint density at radius 1 is 1.44 bits per heavy atom. The quantitative estimate of drug-likeness (QED) is 0.358. The molecule has 0 aromatic carbocycles. The highest BCUT2D eigenvalue weighted by molar-refractivity contribution is 7.99. The van der Waals surface area contributed by atoms with Crippen molar-refractivity contribution in [2.24, 2.45) is 5.92 Å². The first-order chi connectivity index (χ1) is 7.40. The molecule has 1 aromatic rings. The van der Waals surface area contributed by atoms with Crippen molar-refractivity contribution in [3.8, 4) is 0 Å². The SMILES string of the molecule is CC(C)C(C)Sc1cc([N+](=O)[O-])cc(Cl)n1. The third-order valence-electron chi connectivity index (χ3n) is 2.21. The molecule has 0 radical (unpaired) electrons. The number of rotatable bonds is 4. The molecular weight excluding hydrogens is 248 g/mol. The predicted octanol–water partition coefficient (Wildman–Crippen LogP) is 3.78. The Bertz CT molecular complexity index is 398. The van der Waals surface area contributed by atoms with Crippen LogP contribution in [0.2, 0.25) is 5.15 Å². The molecular formula is C10H13ClN2O2S. The van der Waals surface area contributed by atoms with Crippen LogP contribution in [0.5, 0.6) is 0 Å². The van der Waals surface area contributed by atoms with Crippen molar-refractivity contribution in [3.05, 3.63) is 27.4 Å². The van der Waals surface area contributed by atoms with Crippen molar-refractivity contribution in [1.29, 1.82) is 0 Å². The lowest BCUT2D eigenvalue weighted by Gasteiger charge is -2.13. The van der Waals surface area contributed by atoms with Gasteiger partial charge in [-0.25, -0.2) is 4.98 Å². The molecule has 0 saturated heterocycles. The van der Waals surface area contributed by atoms with Crippen molar-refractivity contribution < 1.29 is 4.92 Å². The maximum atomic E-state index is 10.6. The number of hydrogen-bond acceptors (Lipinski definition) is 4. The molecule has 1 aromatic heterocycles. The van der Waals surface area contributed by atoms with Gasteiger partial charge in [0.2, 0.25) is 0 Å². The average molecular weight is 261 g/mol. The fourth-order valence-corrected chi connectivity index (χ4v) is 2.20. The van der Waals surface area contributed by atoms with E-state index in [0.29, 0.717) is 16.2 Å². The largest absolute Gasteiger partial charge is 0.275 e. The number of hydrogen-bond donors (Lipinski definition) is 0. The van der Waals surface area contributed by atoms with Crippen molar-refractivity contribution in [2.75, 3.05) is 0 Å². The van der Waals surface area contributed by atoms with E-state index in [0.717, 1.165) is 0 Å². The molecule has 0 saturated carbocycles. The van der Waals surface area contributed by atoms with Gasteiger partial charge in [-0.1, -0.05) is 32.4 Å². The van der Waals surface area contributed by atoms with E-state index in [4.69, 9.17) is 11.6 Å². The van der Waals surface area contributed by atoms with Gasteiger partial charge in [0.25, 0.3) is 5.69 Å². The van der Waals surface area contributed by atoms with E-state index in [1.165, 1.54) is 23.9 Å². The van der Waals surface area contributed by atoms with E-state index in [1.807, 2.05) is 0 Å². The maximum absolute atomic E-state index is 10.6. The monoisotopic (exact) mass is 260 g/mol. The van der Waals surface area contributed by atoms with E-state index in [1.54, 1.807) is 0 Å². The van der Waals surface area contributed by atoms with Crippen LogP contribution in [0.25, 0.3) is 0 Å². The smallest absolute Gasteiger partial charge is 0.258 e. The fraction of sp³-hybridized carbons (Fsp3) is 0.500. The summed E-state index contributed by atoms with van der Waals surface area (Å²) in [6, 6.07) is 2.71. The van der Waals surface area contributed by atoms with E-state index in [2.05, 4.69) is 25.8 Å². The molecule has 0 bridgehead atoms. The number of halogens is 1. The number of aromatic nitrogens is 1. The van der Waals surface area contributed by atoms with Crippen molar-refractivity contribution in [2.45, 2.75) is 31.0 Å². The topological polar surface area (TPSA) is 56.0 Å². The molecule has 0 aliphatic carbocycles.